The average Bonchev–Trinajstić information content (AvgIpc) is 2.58. The van der Waals surface area contributed by atoms with Gasteiger partial charge in [-0.15, -0.1) is 18.5 Å². The lowest BCUT2D eigenvalue weighted by Crippen LogP contribution is -2.22. The fourth-order valence-electron chi connectivity index (χ4n) is 2.47. The summed E-state index contributed by atoms with van der Waals surface area (Å²) in [5.41, 5.74) is 5.32. The molecule has 0 aromatic heterocycles. The SMILES string of the molecule is CCC(P)(P)COC(=O)Cc1ccccc1Nc1c(C)cccc1C. The molecule has 0 saturated carbocycles. The molecule has 3 nitrogen and oxygen atoms in total. The zero-order valence-electron chi connectivity index (χ0n) is 15.1. The molecule has 0 radical (unpaired) electrons. The second kappa shape index (κ2) is 8.79. The van der Waals surface area contributed by atoms with E-state index in [-0.39, 0.29) is 17.3 Å². The van der Waals surface area contributed by atoms with Gasteiger partial charge in [-0.3, -0.25) is 4.79 Å². The number of esters is 1. The van der Waals surface area contributed by atoms with Crippen LogP contribution in [-0.2, 0) is 16.0 Å². The van der Waals surface area contributed by atoms with Crippen LogP contribution in [0.2, 0.25) is 0 Å². The summed E-state index contributed by atoms with van der Waals surface area (Å²) in [5, 5.41) is 3.48. The van der Waals surface area contributed by atoms with Gasteiger partial charge in [0.1, 0.15) is 6.61 Å². The molecular weight excluding hydrogens is 348 g/mol. The Hall–Kier alpha value is -1.43. The van der Waals surface area contributed by atoms with Crippen molar-refractivity contribution in [3.63, 3.8) is 0 Å². The number of benzene rings is 2. The third-order valence-electron chi connectivity index (χ3n) is 4.25. The molecule has 0 heterocycles. The second-order valence-electron chi connectivity index (χ2n) is 6.47. The summed E-state index contributed by atoms with van der Waals surface area (Å²) in [5.74, 6) is -0.210. The highest BCUT2D eigenvalue weighted by Gasteiger charge is 2.19. The number of ether oxygens (including phenoxy) is 1. The lowest BCUT2D eigenvalue weighted by Gasteiger charge is -2.21. The van der Waals surface area contributed by atoms with E-state index in [1.165, 1.54) is 11.1 Å². The zero-order chi connectivity index (χ0) is 18.4. The molecule has 2 atom stereocenters. The van der Waals surface area contributed by atoms with Crippen LogP contribution in [-0.4, -0.2) is 17.5 Å². The Balaban J connectivity index is 2.12. The van der Waals surface area contributed by atoms with Crippen LogP contribution in [0.1, 0.15) is 30.0 Å². The monoisotopic (exact) mass is 375 g/mol. The number of rotatable bonds is 7. The first-order valence-electron chi connectivity index (χ1n) is 8.47. The molecule has 0 aliphatic rings. The first kappa shape index (κ1) is 19.9. The number of para-hydroxylation sites is 2. The molecule has 0 aliphatic heterocycles. The Morgan fingerprint density at radius 1 is 1.08 bits per heavy atom. The van der Waals surface area contributed by atoms with E-state index >= 15 is 0 Å². The molecule has 5 heteroatoms. The maximum absolute atomic E-state index is 12.2. The fourth-order valence-corrected chi connectivity index (χ4v) is 2.63. The van der Waals surface area contributed by atoms with Crippen molar-refractivity contribution in [2.24, 2.45) is 0 Å². The van der Waals surface area contributed by atoms with Crippen LogP contribution in [0.3, 0.4) is 0 Å². The Kier molecular flexibility index (Phi) is 6.99. The third-order valence-corrected chi connectivity index (χ3v) is 5.40. The van der Waals surface area contributed by atoms with Crippen LogP contribution in [0.4, 0.5) is 11.4 Å². The van der Waals surface area contributed by atoms with E-state index < -0.39 is 0 Å². The van der Waals surface area contributed by atoms with Gasteiger partial charge in [-0.1, -0.05) is 43.3 Å². The molecule has 2 unspecified atom stereocenters. The van der Waals surface area contributed by atoms with Crippen molar-refractivity contribution in [1.29, 1.82) is 0 Å². The van der Waals surface area contributed by atoms with Gasteiger partial charge in [0.2, 0.25) is 0 Å². The molecule has 2 rings (SSSR count). The lowest BCUT2D eigenvalue weighted by atomic mass is 10.1. The van der Waals surface area contributed by atoms with Gasteiger partial charge in [-0.05, 0) is 43.0 Å². The summed E-state index contributed by atoms with van der Waals surface area (Å²) in [6.07, 6.45) is 1.16. The molecule has 0 aliphatic carbocycles. The second-order valence-corrected chi connectivity index (χ2v) is 9.44. The van der Waals surface area contributed by atoms with Crippen LogP contribution >= 0.6 is 18.5 Å². The van der Waals surface area contributed by atoms with E-state index in [0.717, 1.165) is 23.4 Å². The third kappa shape index (κ3) is 5.80. The van der Waals surface area contributed by atoms with E-state index in [4.69, 9.17) is 4.74 Å². The molecule has 2 aromatic rings. The fraction of sp³-hybridized carbons (Fsp3) is 0.350. The average molecular weight is 375 g/mol. The Morgan fingerprint density at radius 3 is 2.36 bits per heavy atom. The van der Waals surface area contributed by atoms with Crippen LogP contribution in [0.5, 0.6) is 0 Å². The Morgan fingerprint density at radius 2 is 1.72 bits per heavy atom. The lowest BCUT2D eigenvalue weighted by molar-refractivity contribution is -0.143. The van der Waals surface area contributed by atoms with Crippen LogP contribution < -0.4 is 5.32 Å². The van der Waals surface area contributed by atoms with E-state index in [1.54, 1.807) is 0 Å². The number of anilines is 2. The standard InChI is InChI=1S/C20H27NO2P2/c1-4-20(24,25)13-23-18(22)12-16-10-5-6-11-17(16)21-19-14(2)8-7-9-15(19)3/h5-11,21H,4,12-13,24-25H2,1-3H3. The van der Waals surface area contributed by atoms with Crippen molar-refractivity contribution >= 4 is 35.8 Å². The topological polar surface area (TPSA) is 38.3 Å². The molecule has 2 aromatic carbocycles. The van der Waals surface area contributed by atoms with Gasteiger partial charge in [-0.2, -0.15) is 0 Å². The predicted octanol–water partition coefficient (Wildman–Crippen LogP) is 4.99. The highest BCUT2D eigenvalue weighted by atomic mass is 31.1. The van der Waals surface area contributed by atoms with Gasteiger partial charge < -0.3 is 10.1 Å². The van der Waals surface area contributed by atoms with Crippen LogP contribution in [0.15, 0.2) is 42.5 Å². The molecule has 134 valence electrons. The summed E-state index contributed by atoms with van der Waals surface area (Å²) in [4.78, 5) is 12.1. The molecule has 0 bridgehead atoms. The van der Waals surface area contributed by atoms with Gasteiger partial charge in [0.05, 0.1) is 6.42 Å². The van der Waals surface area contributed by atoms with Crippen molar-refractivity contribution in [2.75, 3.05) is 11.9 Å². The summed E-state index contributed by atoms with van der Waals surface area (Å²) in [6.45, 7) is 6.60. The van der Waals surface area contributed by atoms with E-state index in [0.29, 0.717) is 6.61 Å². The first-order chi connectivity index (χ1) is 11.8. The molecule has 0 spiro atoms. The number of hydrogen-bond acceptors (Lipinski definition) is 3. The minimum Gasteiger partial charge on any atom is -0.464 e. The Labute approximate surface area is 155 Å². The molecule has 25 heavy (non-hydrogen) atoms. The van der Waals surface area contributed by atoms with Gasteiger partial charge in [-0.25, -0.2) is 0 Å². The van der Waals surface area contributed by atoms with Crippen molar-refractivity contribution < 1.29 is 9.53 Å². The quantitative estimate of drug-likeness (QED) is 0.547. The minimum atomic E-state index is -0.210. The van der Waals surface area contributed by atoms with Crippen molar-refractivity contribution in [3.05, 3.63) is 59.2 Å². The van der Waals surface area contributed by atoms with Gasteiger partial charge in [0, 0.05) is 16.3 Å². The summed E-state index contributed by atoms with van der Waals surface area (Å²) < 4.78 is 5.45. The maximum atomic E-state index is 12.2. The first-order valence-corrected chi connectivity index (χ1v) is 9.62. The molecule has 0 fully saturated rings. The molecular formula is C20H27NO2P2. The minimum absolute atomic E-state index is 0.147. The number of carbonyl (C=O) groups is 1. The van der Waals surface area contributed by atoms with Crippen LogP contribution in [0.25, 0.3) is 0 Å². The predicted molar refractivity (Wildman–Crippen MR) is 113 cm³/mol. The zero-order valence-corrected chi connectivity index (χ0v) is 17.4. The van der Waals surface area contributed by atoms with Crippen molar-refractivity contribution in [3.8, 4) is 0 Å². The smallest absolute Gasteiger partial charge is 0.310 e. The highest BCUT2D eigenvalue weighted by Crippen LogP contribution is 2.31. The number of hydrogen-bond donors (Lipinski definition) is 1. The Bertz CT molecular complexity index is 724. The number of aryl methyl sites for hydroxylation is 2. The molecule has 1 N–H and O–H groups in total. The highest BCUT2D eigenvalue weighted by molar-refractivity contribution is 7.39. The largest absolute Gasteiger partial charge is 0.464 e. The van der Waals surface area contributed by atoms with Crippen molar-refractivity contribution in [2.45, 2.75) is 38.5 Å². The van der Waals surface area contributed by atoms with Crippen molar-refractivity contribution in [1.82, 2.24) is 0 Å². The normalized spacial score (nSPS) is 11.2. The summed E-state index contributed by atoms with van der Waals surface area (Å²) in [7, 11) is 5.45. The summed E-state index contributed by atoms with van der Waals surface area (Å²) in [6, 6.07) is 14.1. The number of carbonyl (C=O) groups excluding carboxylic acids is 1. The number of nitrogens with one attached hydrogen (secondary N) is 1. The van der Waals surface area contributed by atoms with E-state index in [9.17, 15) is 4.79 Å². The maximum Gasteiger partial charge on any atom is 0.310 e. The van der Waals surface area contributed by atoms with E-state index in [2.05, 4.69) is 56.7 Å². The van der Waals surface area contributed by atoms with Gasteiger partial charge in [0.25, 0.3) is 0 Å². The van der Waals surface area contributed by atoms with Crippen LogP contribution in [0, 0.1) is 13.8 Å². The molecule has 0 saturated heterocycles. The van der Waals surface area contributed by atoms with Gasteiger partial charge >= 0.3 is 5.97 Å². The summed E-state index contributed by atoms with van der Waals surface area (Å²) >= 11 is 0. The van der Waals surface area contributed by atoms with Gasteiger partial charge in [0.15, 0.2) is 0 Å². The van der Waals surface area contributed by atoms with E-state index in [1.807, 2.05) is 30.3 Å². The molecule has 0 amide bonds.